The monoisotopic (exact) mass is 200 g/mol. The summed E-state index contributed by atoms with van der Waals surface area (Å²) in [6.45, 7) is 2.35. The average molecular weight is 200 g/mol. The molecule has 0 radical (unpaired) electrons. The van der Waals surface area contributed by atoms with Gasteiger partial charge in [-0.2, -0.15) is 0 Å². The number of hydrogen-bond acceptors (Lipinski definition) is 3. The first-order valence-electron chi connectivity index (χ1n) is 2.75. The molecule has 2 unspecified atom stereocenters. The second-order valence-electron chi connectivity index (χ2n) is 1.93. The number of allylic oxidation sites excluding steroid dienone is 1. The summed E-state index contributed by atoms with van der Waals surface area (Å²) in [5.74, 6) is 0.847. The summed E-state index contributed by atoms with van der Waals surface area (Å²) in [6, 6.07) is 0. The van der Waals surface area contributed by atoms with Crippen molar-refractivity contribution in [2.75, 3.05) is 6.66 Å². The third-order valence-corrected chi connectivity index (χ3v) is 3.43. The third kappa shape index (κ3) is 6.48. The maximum Gasteiger partial charge on any atom is 0.358 e. The molecule has 0 rings (SSSR count). The van der Waals surface area contributed by atoms with Gasteiger partial charge in [-0.05, 0) is 6.92 Å². The molecule has 0 fully saturated rings. The van der Waals surface area contributed by atoms with Crippen LogP contribution in [0, 0.1) is 0 Å². The van der Waals surface area contributed by atoms with Crippen molar-refractivity contribution in [1.82, 2.24) is 0 Å². The van der Waals surface area contributed by atoms with E-state index >= 15 is 0 Å². The molecule has 0 aliphatic carbocycles. The lowest BCUT2D eigenvalue weighted by Crippen LogP contribution is -1.83. The zero-order valence-corrected chi connectivity index (χ0v) is 7.96. The van der Waals surface area contributed by atoms with Crippen LogP contribution in [0.4, 0.5) is 0 Å². The molecule has 0 aliphatic heterocycles. The summed E-state index contributed by atoms with van der Waals surface area (Å²) in [7, 11) is -7.89. The maximum absolute atomic E-state index is 10.7. The zero-order chi connectivity index (χ0) is 9.12. The van der Waals surface area contributed by atoms with Crippen molar-refractivity contribution in [3.05, 3.63) is 11.9 Å². The first-order valence-corrected chi connectivity index (χ1v) is 6.42. The molecule has 2 atom stereocenters. The van der Waals surface area contributed by atoms with E-state index in [-0.39, 0.29) is 0 Å². The molecule has 66 valence electrons. The zero-order valence-electron chi connectivity index (χ0n) is 6.17. The largest absolute Gasteiger partial charge is 0.358 e. The average Bonchev–Trinajstić information content (AvgIpc) is 1.55. The predicted molar refractivity (Wildman–Crippen MR) is 41.5 cm³/mol. The lowest BCUT2D eigenvalue weighted by atomic mass is 10.8. The van der Waals surface area contributed by atoms with Gasteiger partial charge in [0.05, 0.1) is 0 Å². The lowest BCUT2D eigenvalue weighted by molar-refractivity contribution is 0.344. The Balaban J connectivity index is 4.38. The molecule has 0 aromatic rings. The summed E-state index contributed by atoms with van der Waals surface area (Å²) in [5, 5.41) is 0. The molecule has 0 spiro atoms. The molecule has 0 bridgehead atoms. The molecule has 0 aromatic heterocycles. The van der Waals surface area contributed by atoms with Gasteiger partial charge in [0.1, 0.15) is 0 Å². The van der Waals surface area contributed by atoms with E-state index in [1.54, 1.807) is 0 Å². The highest BCUT2D eigenvalue weighted by Crippen LogP contribution is 2.57. The summed E-state index contributed by atoms with van der Waals surface area (Å²) in [5.41, 5.74) is 0. The van der Waals surface area contributed by atoms with Crippen LogP contribution >= 0.6 is 15.2 Å². The van der Waals surface area contributed by atoms with Crippen molar-refractivity contribution >= 4 is 15.2 Å². The van der Waals surface area contributed by atoms with Crippen LogP contribution < -0.4 is 0 Å². The van der Waals surface area contributed by atoms with E-state index in [0.717, 1.165) is 12.5 Å². The Morgan fingerprint density at radius 1 is 1.36 bits per heavy atom. The SMILES string of the molecule is CC=CP(=O)(O)OP(C)(=O)O. The number of hydrogen-bond donors (Lipinski definition) is 2. The normalized spacial score (nSPS) is 22.9. The van der Waals surface area contributed by atoms with E-state index < -0.39 is 15.2 Å². The summed E-state index contributed by atoms with van der Waals surface area (Å²) >= 11 is 0. The highest BCUT2D eigenvalue weighted by atomic mass is 31.3. The van der Waals surface area contributed by atoms with Crippen molar-refractivity contribution < 1.29 is 23.2 Å². The standard InChI is InChI=1S/C4H10O5P2/c1-3-4-11(7,8)9-10(2,5)6/h3-4H,1-2H3,(H,5,6)(H,7,8). The fourth-order valence-corrected chi connectivity index (χ4v) is 2.76. The van der Waals surface area contributed by atoms with Crippen LogP contribution in [0.2, 0.25) is 0 Å². The predicted octanol–water partition coefficient (Wildman–Crippen LogP) is 1.54. The molecule has 7 heteroatoms. The van der Waals surface area contributed by atoms with Gasteiger partial charge >= 0.3 is 15.2 Å². The van der Waals surface area contributed by atoms with Crippen LogP contribution in [0.1, 0.15) is 6.92 Å². The van der Waals surface area contributed by atoms with Crippen molar-refractivity contribution in [3.63, 3.8) is 0 Å². The summed E-state index contributed by atoms with van der Waals surface area (Å²) in [4.78, 5) is 17.3. The van der Waals surface area contributed by atoms with Crippen LogP contribution in [0.15, 0.2) is 11.9 Å². The molecule has 0 saturated carbocycles. The van der Waals surface area contributed by atoms with Crippen molar-refractivity contribution in [2.45, 2.75) is 6.92 Å². The highest BCUT2D eigenvalue weighted by molar-refractivity contribution is 7.67. The molecular weight excluding hydrogens is 190 g/mol. The molecule has 0 amide bonds. The fourth-order valence-electron chi connectivity index (χ4n) is 0.433. The van der Waals surface area contributed by atoms with Crippen molar-refractivity contribution in [2.24, 2.45) is 0 Å². The lowest BCUT2D eigenvalue weighted by Gasteiger charge is -2.09. The molecular formula is C4H10O5P2. The maximum atomic E-state index is 10.7. The Kier molecular flexibility index (Phi) is 3.68. The van der Waals surface area contributed by atoms with Gasteiger partial charge in [-0.15, -0.1) is 0 Å². The summed E-state index contributed by atoms with van der Waals surface area (Å²) in [6.07, 6.45) is 1.27. The molecule has 0 aliphatic rings. The Morgan fingerprint density at radius 2 is 1.82 bits per heavy atom. The molecule has 2 N–H and O–H groups in total. The van der Waals surface area contributed by atoms with Gasteiger partial charge < -0.3 is 9.79 Å². The van der Waals surface area contributed by atoms with Crippen LogP contribution in [0.3, 0.4) is 0 Å². The topological polar surface area (TPSA) is 83.8 Å². The van der Waals surface area contributed by atoms with Crippen LogP contribution in [0.5, 0.6) is 0 Å². The second kappa shape index (κ2) is 3.65. The molecule has 5 nitrogen and oxygen atoms in total. The fraction of sp³-hybridized carbons (Fsp3) is 0.500. The minimum atomic E-state index is -4.01. The van der Waals surface area contributed by atoms with Gasteiger partial charge in [0.15, 0.2) is 0 Å². The molecule has 11 heavy (non-hydrogen) atoms. The van der Waals surface area contributed by atoms with Crippen molar-refractivity contribution in [3.8, 4) is 0 Å². The Hall–Kier alpha value is 0.0800. The second-order valence-corrected chi connectivity index (χ2v) is 5.62. The Morgan fingerprint density at radius 3 is 2.09 bits per heavy atom. The number of rotatable bonds is 3. The third-order valence-electron chi connectivity index (χ3n) is 0.606. The quantitative estimate of drug-likeness (QED) is 0.675. The van der Waals surface area contributed by atoms with Gasteiger partial charge in [0.25, 0.3) is 0 Å². The molecule has 0 heterocycles. The van der Waals surface area contributed by atoms with Gasteiger partial charge in [-0.3, -0.25) is 9.13 Å². The van der Waals surface area contributed by atoms with E-state index in [1.807, 2.05) is 0 Å². The van der Waals surface area contributed by atoms with E-state index in [2.05, 4.69) is 4.31 Å². The Labute approximate surface area is 64.8 Å². The van der Waals surface area contributed by atoms with E-state index in [9.17, 15) is 9.13 Å². The van der Waals surface area contributed by atoms with Crippen LogP contribution in [0.25, 0.3) is 0 Å². The smallest absolute Gasteiger partial charge is 0.324 e. The highest BCUT2D eigenvalue weighted by Gasteiger charge is 2.24. The van der Waals surface area contributed by atoms with E-state index in [4.69, 9.17) is 9.79 Å². The van der Waals surface area contributed by atoms with Crippen molar-refractivity contribution in [1.29, 1.82) is 0 Å². The van der Waals surface area contributed by atoms with E-state index in [1.165, 1.54) is 13.0 Å². The van der Waals surface area contributed by atoms with E-state index in [0.29, 0.717) is 0 Å². The molecule has 0 saturated heterocycles. The van der Waals surface area contributed by atoms with Gasteiger partial charge in [0, 0.05) is 12.5 Å². The first kappa shape index (κ1) is 11.1. The van der Waals surface area contributed by atoms with Gasteiger partial charge in [0.2, 0.25) is 0 Å². The first-order chi connectivity index (χ1) is 4.77. The Bertz CT molecular complexity index is 239. The van der Waals surface area contributed by atoms with Crippen LogP contribution in [-0.4, -0.2) is 16.5 Å². The van der Waals surface area contributed by atoms with Gasteiger partial charge in [-0.25, -0.2) is 4.31 Å². The van der Waals surface area contributed by atoms with Crippen LogP contribution in [-0.2, 0) is 13.4 Å². The van der Waals surface area contributed by atoms with Gasteiger partial charge in [-0.1, -0.05) is 6.08 Å². The summed E-state index contributed by atoms with van der Waals surface area (Å²) < 4.78 is 25.2. The minimum absolute atomic E-state index is 0.847. The minimum Gasteiger partial charge on any atom is -0.324 e. The molecule has 0 aromatic carbocycles.